The first-order valence-electron chi connectivity index (χ1n) is 33.4. The summed E-state index contributed by atoms with van der Waals surface area (Å²) in [5.41, 5.74) is 0. The molecule has 0 atom stereocenters. The highest BCUT2D eigenvalue weighted by atomic mass is 16.6. The van der Waals surface area contributed by atoms with Crippen LogP contribution in [-0.4, -0.2) is 37.2 Å². The molecule has 77 heavy (non-hydrogen) atoms. The van der Waals surface area contributed by atoms with Crippen LogP contribution in [0.1, 0.15) is 342 Å². The Morgan fingerprint density at radius 2 is 0.481 bits per heavy atom. The maximum Gasteiger partial charge on any atom is 0.306 e. The molecule has 0 aliphatic carbocycles. The van der Waals surface area contributed by atoms with Crippen molar-refractivity contribution >= 4 is 17.9 Å². The summed E-state index contributed by atoms with van der Waals surface area (Å²) in [7, 11) is 0. The highest BCUT2D eigenvalue weighted by Gasteiger charge is 2.19. The molecule has 0 radical (unpaired) electrons. The van der Waals surface area contributed by atoms with Gasteiger partial charge in [0, 0.05) is 19.3 Å². The van der Waals surface area contributed by atoms with Crippen molar-refractivity contribution in [1.82, 2.24) is 0 Å². The van der Waals surface area contributed by atoms with E-state index in [1.807, 2.05) is 0 Å². The number of carbonyl (C=O) groups is 3. The number of ether oxygens (including phenoxy) is 3. The average Bonchev–Trinajstić information content (AvgIpc) is 3.43. The normalized spacial score (nSPS) is 12.2. The summed E-state index contributed by atoms with van der Waals surface area (Å²) in [5.74, 6) is -0.937. The molecule has 0 spiro atoms. The fourth-order valence-electron chi connectivity index (χ4n) is 9.60. The van der Waals surface area contributed by atoms with Gasteiger partial charge in [0.1, 0.15) is 13.2 Å². The molecule has 6 nitrogen and oxygen atoms in total. The van der Waals surface area contributed by atoms with Crippen LogP contribution in [-0.2, 0) is 28.6 Å². The molecular formula is C71H126O6. The molecule has 0 saturated carbocycles. The SMILES string of the molecule is CCCCC/C=C\C/C=C\C/C=C\C/C=C\CCCC(=O)OC(COC(=O)CCCCCCCCCCCCC/C=C\CCCCCCCC)COC(=O)CCCCCCCCCCCCC/C=C\CCCCCCCC. The molecule has 6 heteroatoms. The number of hydrogen-bond donors (Lipinski definition) is 0. The van der Waals surface area contributed by atoms with E-state index in [1.54, 1.807) is 0 Å². The van der Waals surface area contributed by atoms with Crippen LogP contribution in [0.15, 0.2) is 72.9 Å². The summed E-state index contributed by atoms with van der Waals surface area (Å²) < 4.78 is 16.9. The van der Waals surface area contributed by atoms with Gasteiger partial charge in [0.05, 0.1) is 0 Å². The summed E-state index contributed by atoms with van der Waals surface area (Å²) in [6, 6.07) is 0. The predicted octanol–water partition coefficient (Wildman–Crippen LogP) is 22.9. The van der Waals surface area contributed by atoms with Crippen LogP contribution in [0.3, 0.4) is 0 Å². The van der Waals surface area contributed by atoms with E-state index in [4.69, 9.17) is 14.2 Å². The van der Waals surface area contributed by atoms with Gasteiger partial charge in [-0.1, -0.05) is 286 Å². The second kappa shape index (κ2) is 65.4. The van der Waals surface area contributed by atoms with Gasteiger partial charge < -0.3 is 14.2 Å². The fourth-order valence-corrected chi connectivity index (χ4v) is 9.60. The molecule has 0 amide bonds. The Labute approximate surface area is 478 Å². The van der Waals surface area contributed by atoms with Crippen LogP contribution in [0.4, 0.5) is 0 Å². The van der Waals surface area contributed by atoms with E-state index < -0.39 is 6.10 Å². The topological polar surface area (TPSA) is 78.9 Å². The van der Waals surface area contributed by atoms with E-state index in [-0.39, 0.29) is 37.5 Å². The monoisotopic (exact) mass is 1070 g/mol. The molecule has 0 aromatic carbocycles. The lowest BCUT2D eigenvalue weighted by Gasteiger charge is -2.18. The van der Waals surface area contributed by atoms with E-state index in [9.17, 15) is 14.4 Å². The zero-order valence-electron chi connectivity index (χ0n) is 51.2. The zero-order chi connectivity index (χ0) is 55.7. The van der Waals surface area contributed by atoms with E-state index in [0.717, 1.165) is 64.2 Å². The standard InChI is InChI=1S/C71H126O6/c1-4-7-10-13-16-19-22-25-28-31-33-35-37-40-42-45-48-51-54-57-60-63-69(72)75-66-68(77-71(74)65-62-59-56-53-50-47-44-39-30-27-24-21-18-15-12-9-6-3)67-76-70(73)64-61-58-55-52-49-46-43-41-38-36-34-32-29-26-23-20-17-14-11-8-5-2/h18,21,25-30,44,47,53,56,68H,4-17,19-20,22-24,31-43,45-46,48-52,54-55,57-67H2,1-3H3/b21-18-,28-25-,29-26-,30-27-,47-44-,56-53-. The molecule has 0 aromatic heterocycles. The van der Waals surface area contributed by atoms with Gasteiger partial charge >= 0.3 is 17.9 Å². The molecule has 0 aromatic rings. The van der Waals surface area contributed by atoms with Crippen LogP contribution in [0.5, 0.6) is 0 Å². The van der Waals surface area contributed by atoms with Crippen LogP contribution < -0.4 is 0 Å². The first-order chi connectivity index (χ1) is 38.0. The van der Waals surface area contributed by atoms with Crippen LogP contribution in [0.2, 0.25) is 0 Å². The van der Waals surface area contributed by atoms with Gasteiger partial charge in [-0.3, -0.25) is 14.4 Å². The molecule has 0 bridgehead atoms. The Bertz CT molecular complexity index is 1350. The highest BCUT2D eigenvalue weighted by Crippen LogP contribution is 2.17. The van der Waals surface area contributed by atoms with Crippen molar-refractivity contribution in [2.45, 2.75) is 348 Å². The van der Waals surface area contributed by atoms with Crippen molar-refractivity contribution in [2.24, 2.45) is 0 Å². The molecule has 0 fully saturated rings. The van der Waals surface area contributed by atoms with E-state index >= 15 is 0 Å². The lowest BCUT2D eigenvalue weighted by molar-refractivity contribution is -0.167. The lowest BCUT2D eigenvalue weighted by Crippen LogP contribution is -2.30. The maximum atomic E-state index is 12.9. The number of allylic oxidation sites excluding steroid dienone is 12. The van der Waals surface area contributed by atoms with E-state index in [2.05, 4.69) is 93.7 Å². The molecule has 0 aliphatic heterocycles. The Morgan fingerprint density at radius 1 is 0.260 bits per heavy atom. The summed E-state index contributed by atoms with van der Waals surface area (Å²) in [6.45, 7) is 6.60. The van der Waals surface area contributed by atoms with Gasteiger partial charge in [-0.25, -0.2) is 0 Å². The number of rotatable bonds is 61. The summed E-state index contributed by atoms with van der Waals surface area (Å²) >= 11 is 0. The Kier molecular flexibility index (Phi) is 62.7. The molecule has 0 heterocycles. The highest BCUT2D eigenvalue weighted by molar-refractivity contribution is 5.71. The average molecular weight is 1080 g/mol. The van der Waals surface area contributed by atoms with Crippen LogP contribution >= 0.6 is 0 Å². The molecule has 0 rings (SSSR count). The molecule has 0 unspecified atom stereocenters. The first kappa shape index (κ1) is 73.8. The second-order valence-electron chi connectivity index (χ2n) is 22.4. The smallest absolute Gasteiger partial charge is 0.306 e. The minimum Gasteiger partial charge on any atom is -0.462 e. The van der Waals surface area contributed by atoms with Crippen molar-refractivity contribution in [3.63, 3.8) is 0 Å². The molecule has 0 aliphatic rings. The minimum absolute atomic E-state index is 0.0956. The number of hydrogen-bond acceptors (Lipinski definition) is 6. The van der Waals surface area contributed by atoms with E-state index in [0.29, 0.717) is 19.3 Å². The largest absolute Gasteiger partial charge is 0.462 e. The quantitative estimate of drug-likeness (QED) is 0.0261. The Hall–Kier alpha value is -3.15. The molecular weight excluding hydrogens is 949 g/mol. The third-order valence-electron chi connectivity index (χ3n) is 14.7. The number of carbonyl (C=O) groups excluding carboxylic acids is 3. The third-order valence-corrected chi connectivity index (χ3v) is 14.7. The van der Waals surface area contributed by atoms with Crippen molar-refractivity contribution in [2.75, 3.05) is 13.2 Å². The zero-order valence-corrected chi connectivity index (χ0v) is 51.2. The van der Waals surface area contributed by atoms with Gasteiger partial charge in [-0.05, 0) is 109 Å². The van der Waals surface area contributed by atoms with Crippen molar-refractivity contribution in [1.29, 1.82) is 0 Å². The molecule has 0 saturated heterocycles. The molecule has 446 valence electrons. The maximum absolute atomic E-state index is 12.9. The Balaban J connectivity index is 4.39. The first-order valence-corrected chi connectivity index (χ1v) is 33.4. The molecule has 0 N–H and O–H groups in total. The van der Waals surface area contributed by atoms with Crippen molar-refractivity contribution in [3.8, 4) is 0 Å². The van der Waals surface area contributed by atoms with Gasteiger partial charge in [-0.15, -0.1) is 0 Å². The van der Waals surface area contributed by atoms with Gasteiger partial charge in [0.15, 0.2) is 6.10 Å². The van der Waals surface area contributed by atoms with E-state index in [1.165, 1.54) is 231 Å². The second-order valence-corrected chi connectivity index (χ2v) is 22.4. The fraction of sp³-hybridized carbons (Fsp3) is 0.789. The van der Waals surface area contributed by atoms with Gasteiger partial charge in [0.25, 0.3) is 0 Å². The van der Waals surface area contributed by atoms with Crippen LogP contribution in [0.25, 0.3) is 0 Å². The lowest BCUT2D eigenvalue weighted by atomic mass is 10.0. The van der Waals surface area contributed by atoms with Crippen molar-refractivity contribution in [3.05, 3.63) is 72.9 Å². The summed E-state index contributed by atoms with van der Waals surface area (Å²) in [6.07, 6.45) is 84.9. The predicted molar refractivity (Wildman–Crippen MR) is 335 cm³/mol. The number of esters is 3. The van der Waals surface area contributed by atoms with Crippen molar-refractivity contribution < 1.29 is 28.6 Å². The Morgan fingerprint density at radius 3 is 0.805 bits per heavy atom. The minimum atomic E-state index is -0.806. The number of unbranched alkanes of at least 4 members (excludes halogenated alkanes) is 38. The van der Waals surface area contributed by atoms with Crippen LogP contribution in [0, 0.1) is 0 Å². The van der Waals surface area contributed by atoms with Gasteiger partial charge in [-0.2, -0.15) is 0 Å². The third kappa shape index (κ3) is 63.6. The van der Waals surface area contributed by atoms with Gasteiger partial charge in [0.2, 0.25) is 0 Å². The summed E-state index contributed by atoms with van der Waals surface area (Å²) in [5, 5.41) is 0. The summed E-state index contributed by atoms with van der Waals surface area (Å²) in [4.78, 5) is 38.4.